The van der Waals surface area contributed by atoms with Crippen LogP contribution in [0.4, 0.5) is 5.13 Å². The smallest absolute Gasteiger partial charge is 0.183 e. The van der Waals surface area contributed by atoms with Crippen LogP contribution < -0.4 is 5.32 Å². The number of anilines is 1. The summed E-state index contributed by atoms with van der Waals surface area (Å²) in [5.74, 6) is 0. The Bertz CT molecular complexity index is 425. The Balaban J connectivity index is 1.75. The first-order valence-corrected chi connectivity index (χ1v) is 6.38. The SMILES string of the molecule is COCCOCCNc1nc2ccccc2s1. The molecular weight excluding hydrogens is 236 g/mol. The fourth-order valence-corrected chi connectivity index (χ4v) is 2.31. The number of aromatic nitrogens is 1. The van der Waals surface area contributed by atoms with Gasteiger partial charge in [-0.1, -0.05) is 23.5 Å². The van der Waals surface area contributed by atoms with E-state index in [1.807, 2.05) is 18.2 Å². The highest BCUT2D eigenvalue weighted by molar-refractivity contribution is 7.22. The number of hydrogen-bond acceptors (Lipinski definition) is 5. The summed E-state index contributed by atoms with van der Waals surface area (Å²) in [5, 5.41) is 4.20. The lowest BCUT2D eigenvalue weighted by Crippen LogP contribution is -2.11. The van der Waals surface area contributed by atoms with Gasteiger partial charge in [-0.15, -0.1) is 0 Å². The average molecular weight is 252 g/mol. The molecule has 0 saturated carbocycles. The van der Waals surface area contributed by atoms with Crippen LogP contribution in [0.5, 0.6) is 0 Å². The number of para-hydroxylation sites is 1. The van der Waals surface area contributed by atoms with Crippen LogP contribution in [0.2, 0.25) is 0 Å². The van der Waals surface area contributed by atoms with Gasteiger partial charge in [0.2, 0.25) is 0 Å². The molecule has 92 valence electrons. The maximum absolute atomic E-state index is 5.36. The maximum atomic E-state index is 5.36. The van der Waals surface area contributed by atoms with Crippen molar-refractivity contribution in [3.63, 3.8) is 0 Å². The molecule has 0 spiro atoms. The highest BCUT2D eigenvalue weighted by Crippen LogP contribution is 2.24. The molecule has 1 heterocycles. The van der Waals surface area contributed by atoms with E-state index < -0.39 is 0 Å². The van der Waals surface area contributed by atoms with Gasteiger partial charge < -0.3 is 14.8 Å². The zero-order valence-corrected chi connectivity index (χ0v) is 10.6. The minimum Gasteiger partial charge on any atom is -0.382 e. The second-order valence-corrected chi connectivity index (χ2v) is 4.55. The predicted octanol–water partition coefficient (Wildman–Crippen LogP) is 2.37. The van der Waals surface area contributed by atoms with Gasteiger partial charge in [-0.2, -0.15) is 0 Å². The number of fused-ring (bicyclic) bond motifs is 1. The summed E-state index contributed by atoms with van der Waals surface area (Å²) in [6, 6.07) is 8.12. The third-order valence-electron chi connectivity index (χ3n) is 2.25. The quantitative estimate of drug-likeness (QED) is 0.768. The molecule has 0 fully saturated rings. The van der Waals surface area contributed by atoms with Gasteiger partial charge in [0.25, 0.3) is 0 Å². The van der Waals surface area contributed by atoms with Crippen molar-refractivity contribution >= 4 is 26.7 Å². The van der Waals surface area contributed by atoms with Gasteiger partial charge in [0.1, 0.15) is 0 Å². The molecule has 0 radical (unpaired) electrons. The second-order valence-electron chi connectivity index (χ2n) is 3.52. The zero-order valence-electron chi connectivity index (χ0n) is 9.81. The summed E-state index contributed by atoms with van der Waals surface area (Å²) in [5.41, 5.74) is 1.04. The molecule has 1 aromatic heterocycles. The zero-order chi connectivity index (χ0) is 11.9. The van der Waals surface area contributed by atoms with Crippen LogP contribution in [0.15, 0.2) is 24.3 Å². The van der Waals surface area contributed by atoms with Gasteiger partial charge in [0.05, 0.1) is 30.0 Å². The summed E-state index contributed by atoms with van der Waals surface area (Å²) >= 11 is 1.66. The lowest BCUT2D eigenvalue weighted by atomic mass is 10.3. The molecule has 0 aliphatic carbocycles. The number of hydrogen-bond donors (Lipinski definition) is 1. The normalized spacial score (nSPS) is 10.9. The molecule has 0 amide bonds. The van der Waals surface area contributed by atoms with Crippen LogP contribution in [0.1, 0.15) is 0 Å². The fourth-order valence-electron chi connectivity index (χ4n) is 1.42. The van der Waals surface area contributed by atoms with Gasteiger partial charge in [-0.25, -0.2) is 4.98 Å². The van der Waals surface area contributed by atoms with Crippen LogP contribution in [-0.2, 0) is 9.47 Å². The van der Waals surface area contributed by atoms with E-state index in [4.69, 9.17) is 9.47 Å². The minimum absolute atomic E-state index is 0.637. The predicted molar refractivity (Wildman–Crippen MR) is 70.8 cm³/mol. The first-order valence-electron chi connectivity index (χ1n) is 5.56. The molecule has 1 N–H and O–H groups in total. The van der Waals surface area contributed by atoms with Crippen molar-refractivity contribution in [1.29, 1.82) is 0 Å². The van der Waals surface area contributed by atoms with Crippen LogP contribution in [0.25, 0.3) is 10.2 Å². The number of rotatable bonds is 7. The monoisotopic (exact) mass is 252 g/mol. The maximum Gasteiger partial charge on any atom is 0.183 e. The van der Waals surface area contributed by atoms with Gasteiger partial charge >= 0.3 is 0 Å². The molecule has 0 saturated heterocycles. The number of nitrogens with zero attached hydrogens (tertiary/aromatic N) is 1. The van der Waals surface area contributed by atoms with E-state index in [1.165, 1.54) is 4.70 Å². The molecule has 2 aromatic rings. The summed E-state index contributed by atoms with van der Waals surface area (Å²) in [6.07, 6.45) is 0. The molecule has 0 aliphatic rings. The molecule has 5 heteroatoms. The van der Waals surface area contributed by atoms with Gasteiger partial charge in [-0.05, 0) is 12.1 Å². The van der Waals surface area contributed by atoms with E-state index in [1.54, 1.807) is 18.4 Å². The Labute approximate surface area is 105 Å². The molecule has 0 unspecified atom stereocenters. The topological polar surface area (TPSA) is 43.4 Å². The van der Waals surface area contributed by atoms with E-state index in [9.17, 15) is 0 Å². The van der Waals surface area contributed by atoms with E-state index in [0.717, 1.165) is 17.2 Å². The Hall–Kier alpha value is -1.17. The molecule has 0 aliphatic heterocycles. The molecule has 0 bridgehead atoms. The first kappa shape index (κ1) is 12.3. The summed E-state index contributed by atoms with van der Waals surface area (Å²) in [7, 11) is 1.67. The van der Waals surface area contributed by atoms with Crippen molar-refractivity contribution in [2.24, 2.45) is 0 Å². The summed E-state index contributed by atoms with van der Waals surface area (Å²) in [4.78, 5) is 4.47. The third kappa shape index (κ3) is 3.66. The lowest BCUT2D eigenvalue weighted by Gasteiger charge is -2.03. The number of nitrogens with one attached hydrogen (secondary N) is 1. The molecule has 4 nitrogen and oxygen atoms in total. The standard InChI is InChI=1S/C12H16N2O2S/c1-15-8-9-16-7-6-13-12-14-10-4-2-3-5-11(10)17-12/h2-5H,6-9H2,1H3,(H,13,14). The van der Waals surface area contributed by atoms with Crippen molar-refractivity contribution in [2.75, 3.05) is 38.8 Å². The lowest BCUT2D eigenvalue weighted by molar-refractivity contribution is 0.0759. The highest BCUT2D eigenvalue weighted by Gasteiger charge is 2.01. The van der Waals surface area contributed by atoms with Crippen molar-refractivity contribution < 1.29 is 9.47 Å². The molecule has 0 atom stereocenters. The van der Waals surface area contributed by atoms with Crippen molar-refractivity contribution in [1.82, 2.24) is 4.98 Å². The largest absolute Gasteiger partial charge is 0.382 e. The molecule has 1 aromatic carbocycles. The van der Waals surface area contributed by atoms with Crippen molar-refractivity contribution in [2.45, 2.75) is 0 Å². The van der Waals surface area contributed by atoms with Crippen LogP contribution in [0, 0.1) is 0 Å². The average Bonchev–Trinajstić information content (AvgIpc) is 2.76. The van der Waals surface area contributed by atoms with E-state index >= 15 is 0 Å². The molecule has 17 heavy (non-hydrogen) atoms. The number of benzene rings is 1. The number of methoxy groups -OCH3 is 1. The summed E-state index contributed by atoms with van der Waals surface area (Å²) in [6.45, 7) is 2.71. The van der Waals surface area contributed by atoms with Crippen molar-refractivity contribution in [3.05, 3.63) is 24.3 Å². The minimum atomic E-state index is 0.637. The molecule has 2 rings (SSSR count). The van der Waals surface area contributed by atoms with Gasteiger partial charge in [-0.3, -0.25) is 0 Å². The Morgan fingerprint density at radius 1 is 1.24 bits per heavy atom. The van der Waals surface area contributed by atoms with E-state index in [0.29, 0.717) is 19.8 Å². The fraction of sp³-hybridized carbons (Fsp3) is 0.417. The van der Waals surface area contributed by atoms with Crippen LogP contribution >= 0.6 is 11.3 Å². The number of ether oxygens (including phenoxy) is 2. The van der Waals surface area contributed by atoms with Crippen molar-refractivity contribution in [3.8, 4) is 0 Å². The Kier molecular flexibility index (Phi) is 4.73. The van der Waals surface area contributed by atoms with Gasteiger partial charge in [0.15, 0.2) is 5.13 Å². The van der Waals surface area contributed by atoms with E-state index in [2.05, 4.69) is 16.4 Å². The first-order chi connectivity index (χ1) is 8.40. The number of thiazole rings is 1. The third-order valence-corrected chi connectivity index (χ3v) is 3.24. The Morgan fingerprint density at radius 3 is 2.94 bits per heavy atom. The Morgan fingerprint density at radius 2 is 2.12 bits per heavy atom. The van der Waals surface area contributed by atoms with Crippen LogP contribution in [-0.4, -0.2) is 38.5 Å². The van der Waals surface area contributed by atoms with Gasteiger partial charge in [0, 0.05) is 13.7 Å². The highest BCUT2D eigenvalue weighted by atomic mass is 32.1. The van der Waals surface area contributed by atoms with Crippen LogP contribution in [0.3, 0.4) is 0 Å². The molecular formula is C12H16N2O2S. The second kappa shape index (κ2) is 6.54. The summed E-state index contributed by atoms with van der Waals surface area (Å²) < 4.78 is 11.5. The van der Waals surface area contributed by atoms with E-state index in [-0.39, 0.29) is 0 Å².